The second kappa shape index (κ2) is 9.09. The second-order valence-electron chi connectivity index (χ2n) is 8.76. The van der Waals surface area contributed by atoms with Crippen molar-refractivity contribution in [1.29, 1.82) is 0 Å². The van der Waals surface area contributed by atoms with E-state index in [4.69, 9.17) is 14.2 Å². The maximum Gasteiger partial charge on any atom is 0.248 e. The van der Waals surface area contributed by atoms with Crippen molar-refractivity contribution in [2.75, 3.05) is 52.6 Å². The molecule has 0 bridgehead atoms. The molecule has 7 nitrogen and oxygen atoms in total. The normalized spacial score (nSPS) is 28.6. The summed E-state index contributed by atoms with van der Waals surface area (Å²) in [4.78, 5) is 28.9. The second-order valence-corrected chi connectivity index (χ2v) is 8.76. The lowest BCUT2D eigenvalue weighted by Crippen LogP contribution is -2.53. The van der Waals surface area contributed by atoms with Crippen LogP contribution in [0, 0.1) is 5.92 Å². The van der Waals surface area contributed by atoms with Crippen LogP contribution < -0.4 is 0 Å². The first-order chi connectivity index (χ1) is 13.7. The Morgan fingerprint density at radius 3 is 2.36 bits per heavy atom. The zero-order valence-corrected chi connectivity index (χ0v) is 16.9. The van der Waals surface area contributed by atoms with Gasteiger partial charge in [0.1, 0.15) is 6.61 Å². The number of likely N-dealkylation sites (tertiary alicyclic amines) is 1. The molecule has 3 heterocycles. The third kappa shape index (κ3) is 4.69. The lowest BCUT2D eigenvalue weighted by molar-refractivity contribution is -0.168. The van der Waals surface area contributed by atoms with Crippen LogP contribution in [0.4, 0.5) is 0 Å². The van der Waals surface area contributed by atoms with Crippen molar-refractivity contribution in [1.82, 2.24) is 9.80 Å². The zero-order chi connectivity index (χ0) is 19.4. The molecular weight excluding hydrogens is 360 g/mol. The highest BCUT2D eigenvalue weighted by molar-refractivity contribution is 5.79. The number of piperidine rings is 1. The largest absolute Gasteiger partial charge is 0.378 e. The number of amides is 2. The van der Waals surface area contributed by atoms with E-state index in [0.717, 1.165) is 51.6 Å². The van der Waals surface area contributed by atoms with Gasteiger partial charge < -0.3 is 24.0 Å². The Morgan fingerprint density at radius 2 is 1.64 bits per heavy atom. The first kappa shape index (κ1) is 20.1. The standard InChI is InChI=1S/C21H34N2O5/c24-19(22-10-13-26-14-11-22)16-27-18-5-12-28-21(15-18)6-8-23(9-7-21)20(25)17-3-1-2-4-17/h17-18H,1-16H2. The minimum absolute atomic E-state index is 0.0563. The van der Waals surface area contributed by atoms with E-state index in [-0.39, 0.29) is 30.1 Å². The van der Waals surface area contributed by atoms with E-state index in [1.54, 1.807) is 0 Å². The third-order valence-electron chi connectivity index (χ3n) is 6.94. The molecule has 1 atom stereocenters. The molecule has 2 amide bonds. The Kier molecular flexibility index (Phi) is 6.53. The van der Waals surface area contributed by atoms with E-state index in [2.05, 4.69) is 4.90 Å². The zero-order valence-electron chi connectivity index (χ0n) is 16.9. The van der Waals surface area contributed by atoms with Gasteiger partial charge in [0.25, 0.3) is 0 Å². The molecule has 1 spiro atoms. The topological polar surface area (TPSA) is 68.3 Å². The molecule has 1 unspecified atom stereocenters. The molecule has 7 heteroatoms. The SMILES string of the molecule is O=C(COC1CCOC2(CCN(C(=O)C3CCCC3)CC2)C1)N1CCOCC1. The van der Waals surface area contributed by atoms with Crippen LogP contribution in [-0.2, 0) is 23.8 Å². The van der Waals surface area contributed by atoms with E-state index >= 15 is 0 Å². The van der Waals surface area contributed by atoms with Gasteiger partial charge in [-0.1, -0.05) is 12.8 Å². The smallest absolute Gasteiger partial charge is 0.248 e. The summed E-state index contributed by atoms with van der Waals surface area (Å²) in [6, 6.07) is 0. The molecule has 158 valence electrons. The van der Waals surface area contributed by atoms with Crippen LogP contribution >= 0.6 is 0 Å². The Bertz CT molecular complexity index is 549. The first-order valence-electron chi connectivity index (χ1n) is 11.1. The maximum absolute atomic E-state index is 12.7. The summed E-state index contributed by atoms with van der Waals surface area (Å²) < 4.78 is 17.5. The molecule has 0 aromatic rings. The van der Waals surface area contributed by atoms with Gasteiger partial charge in [0.2, 0.25) is 11.8 Å². The molecule has 4 aliphatic rings. The number of carbonyl (C=O) groups excluding carboxylic acids is 2. The molecule has 0 radical (unpaired) electrons. The van der Waals surface area contributed by atoms with Crippen LogP contribution in [0.5, 0.6) is 0 Å². The summed E-state index contributed by atoms with van der Waals surface area (Å²) in [5, 5.41) is 0. The van der Waals surface area contributed by atoms with Crippen LogP contribution in [-0.4, -0.2) is 85.9 Å². The minimum Gasteiger partial charge on any atom is -0.378 e. The number of morpholine rings is 1. The van der Waals surface area contributed by atoms with Crippen LogP contribution in [0.1, 0.15) is 51.4 Å². The fourth-order valence-electron chi connectivity index (χ4n) is 5.13. The van der Waals surface area contributed by atoms with E-state index in [0.29, 0.717) is 38.8 Å². The van der Waals surface area contributed by atoms with Gasteiger partial charge in [0.15, 0.2) is 0 Å². The predicted molar refractivity (Wildman–Crippen MR) is 103 cm³/mol. The molecule has 0 aromatic carbocycles. The average Bonchev–Trinajstić information content (AvgIpc) is 3.28. The summed E-state index contributed by atoms with van der Waals surface area (Å²) >= 11 is 0. The van der Waals surface area contributed by atoms with Crippen LogP contribution in [0.15, 0.2) is 0 Å². The van der Waals surface area contributed by atoms with Gasteiger partial charge in [-0.3, -0.25) is 9.59 Å². The molecule has 4 rings (SSSR count). The summed E-state index contributed by atoms with van der Waals surface area (Å²) in [5.41, 5.74) is -0.183. The number of nitrogens with zero attached hydrogens (tertiary/aromatic N) is 2. The number of hydrogen-bond acceptors (Lipinski definition) is 5. The van der Waals surface area contributed by atoms with Crippen LogP contribution in [0.25, 0.3) is 0 Å². The van der Waals surface area contributed by atoms with Crippen LogP contribution in [0.3, 0.4) is 0 Å². The highest BCUT2D eigenvalue weighted by Crippen LogP contribution is 2.37. The maximum atomic E-state index is 12.7. The average molecular weight is 395 g/mol. The number of hydrogen-bond donors (Lipinski definition) is 0. The Hall–Kier alpha value is -1.18. The van der Waals surface area contributed by atoms with Crippen molar-refractivity contribution in [3.63, 3.8) is 0 Å². The molecular formula is C21H34N2O5. The van der Waals surface area contributed by atoms with E-state index in [1.165, 1.54) is 12.8 Å². The van der Waals surface area contributed by atoms with E-state index in [9.17, 15) is 9.59 Å². The van der Waals surface area contributed by atoms with Gasteiger partial charge in [-0.15, -0.1) is 0 Å². The summed E-state index contributed by atoms with van der Waals surface area (Å²) in [6.45, 7) is 4.93. The van der Waals surface area contributed by atoms with Crippen molar-refractivity contribution < 1.29 is 23.8 Å². The number of carbonyl (C=O) groups is 2. The van der Waals surface area contributed by atoms with Gasteiger partial charge >= 0.3 is 0 Å². The fourth-order valence-corrected chi connectivity index (χ4v) is 5.13. The molecule has 1 aliphatic carbocycles. The predicted octanol–water partition coefficient (Wildman–Crippen LogP) is 1.59. The van der Waals surface area contributed by atoms with Crippen molar-refractivity contribution in [2.45, 2.75) is 63.1 Å². The molecule has 4 fully saturated rings. The van der Waals surface area contributed by atoms with Gasteiger partial charge in [-0.05, 0) is 32.1 Å². The van der Waals surface area contributed by atoms with Gasteiger partial charge in [0.05, 0.1) is 24.9 Å². The fraction of sp³-hybridized carbons (Fsp3) is 0.905. The molecule has 1 saturated carbocycles. The molecule has 0 aromatic heterocycles. The summed E-state index contributed by atoms with van der Waals surface area (Å²) in [6.07, 6.45) is 7.99. The Balaban J connectivity index is 1.23. The molecule has 28 heavy (non-hydrogen) atoms. The van der Waals surface area contributed by atoms with Crippen molar-refractivity contribution in [3.05, 3.63) is 0 Å². The monoisotopic (exact) mass is 394 g/mol. The molecule has 3 aliphatic heterocycles. The van der Waals surface area contributed by atoms with Gasteiger partial charge in [-0.2, -0.15) is 0 Å². The quantitative estimate of drug-likeness (QED) is 0.724. The van der Waals surface area contributed by atoms with Crippen molar-refractivity contribution >= 4 is 11.8 Å². The number of ether oxygens (including phenoxy) is 3. The minimum atomic E-state index is -0.183. The van der Waals surface area contributed by atoms with Gasteiger partial charge in [-0.25, -0.2) is 0 Å². The summed E-state index contributed by atoms with van der Waals surface area (Å²) in [5.74, 6) is 0.663. The lowest BCUT2D eigenvalue weighted by Gasteiger charge is -2.46. The Morgan fingerprint density at radius 1 is 0.929 bits per heavy atom. The van der Waals surface area contributed by atoms with E-state index in [1.807, 2.05) is 4.90 Å². The van der Waals surface area contributed by atoms with Gasteiger partial charge in [0, 0.05) is 45.1 Å². The van der Waals surface area contributed by atoms with Crippen molar-refractivity contribution in [3.8, 4) is 0 Å². The Labute approximate surface area is 167 Å². The third-order valence-corrected chi connectivity index (χ3v) is 6.94. The molecule has 0 N–H and O–H groups in total. The molecule has 3 saturated heterocycles. The van der Waals surface area contributed by atoms with Crippen molar-refractivity contribution in [2.24, 2.45) is 5.92 Å². The highest BCUT2D eigenvalue weighted by Gasteiger charge is 2.42. The number of rotatable bonds is 4. The van der Waals surface area contributed by atoms with E-state index < -0.39 is 0 Å². The first-order valence-corrected chi connectivity index (χ1v) is 11.1. The highest BCUT2D eigenvalue weighted by atomic mass is 16.5. The van der Waals surface area contributed by atoms with Crippen LogP contribution in [0.2, 0.25) is 0 Å². The summed E-state index contributed by atoms with van der Waals surface area (Å²) in [7, 11) is 0. The lowest BCUT2D eigenvalue weighted by atomic mass is 9.83.